The van der Waals surface area contributed by atoms with Gasteiger partial charge in [0.25, 0.3) is 11.6 Å². The average Bonchev–Trinajstić information content (AvgIpc) is 2.48. The number of hydrogen-bond donors (Lipinski definition) is 2. The van der Waals surface area contributed by atoms with Crippen LogP contribution in [0.4, 0.5) is 11.4 Å². The number of carbonyl (C=O) groups is 1. The molecule has 0 unspecified atom stereocenters. The Bertz CT molecular complexity index is 713. The lowest BCUT2D eigenvalue weighted by Gasteiger charge is -2.02. The molecule has 0 fully saturated rings. The molecule has 0 atom stereocenters. The van der Waals surface area contributed by atoms with Crippen LogP contribution in [0.3, 0.4) is 0 Å². The van der Waals surface area contributed by atoms with Gasteiger partial charge in [-0.1, -0.05) is 24.3 Å². The Kier molecular flexibility index (Phi) is 4.25. The second-order valence-corrected chi connectivity index (χ2v) is 4.14. The molecule has 0 spiro atoms. The van der Waals surface area contributed by atoms with Gasteiger partial charge in [-0.05, 0) is 12.1 Å². The Morgan fingerprint density at radius 3 is 2.71 bits per heavy atom. The molecule has 0 aromatic heterocycles. The van der Waals surface area contributed by atoms with Crippen LogP contribution in [-0.2, 0) is 0 Å². The van der Waals surface area contributed by atoms with Crippen molar-refractivity contribution >= 4 is 23.5 Å². The van der Waals surface area contributed by atoms with Gasteiger partial charge in [0.05, 0.1) is 16.7 Å². The zero-order valence-electron chi connectivity index (χ0n) is 10.9. The fourth-order valence-electron chi connectivity index (χ4n) is 1.65. The van der Waals surface area contributed by atoms with Crippen molar-refractivity contribution in [2.24, 2.45) is 5.10 Å². The second kappa shape index (κ2) is 6.29. The van der Waals surface area contributed by atoms with E-state index >= 15 is 0 Å². The van der Waals surface area contributed by atoms with Crippen molar-refractivity contribution in [3.05, 3.63) is 69.8 Å². The average molecular weight is 284 g/mol. The molecule has 2 rings (SSSR count). The van der Waals surface area contributed by atoms with E-state index in [1.807, 2.05) is 0 Å². The lowest BCUT2D eigenvalue weighted by molar-refractivity contribution is -0.384. The maximum atomic E-state index is 11.8. The number of carbonyl (C=O) groups excluding carboxylic acids is 1. The normalized spacial score (nSPS) is 10.5. The summed E-state index contributed by atoms with van der Waals surface area (Å²) in [5, 5.41) is 14.4. The van der Waals surface area contributed by atoms with Crippen molar-refractivity contribution in [3.8, 4) is 0 Å². The van der Waals surface area contributed by atoms with Gasteiger partial charge in [-0.15, -0.1) is 0 Å². The highest BCUT2D eigenvalue weighted by atomic mass is 16.6. The quantitative estimate of drug-likeness (QED) is 0.387. The molecule has 0 aliphatic rings. The molecule has 21 heavy (non-hydrogen) atoms. The third-order valence-electron chi connectivity index (χ3n) is 2.67. The number of amides is 1. The number of nitrogens with zero attached hydrogens (tertiary/aromatic N) is 2. The third kappa shape index (κ3) is 3.63. The summed E-state index contributed by atoms with van der Waals surface area (Å²) >= 11 is 0. The molecule has 2 aromatic carbocycles. The van der Waals surface area contributed by atoms with Gasteiger partial charge < -0.3 is 5.73 Å². The van der Waals surface area contributed by atoms with E-state index in [1.165, 1.54) is 24.4 Å². The highest BCUT2D eigenvalue weighted by molar-refractivity contribution is 5.99. The van der Waals surface area contributed by atoms with E-state index in [-0.39, 0.29) is 5.69 Å². The molecule has 0 bridgehead atoms. The molecule has 7 heteroatoms. The molecule has 0 saturated carbocycles. The molecule has 106 valence electrons. The summed E-state index contributed by atoms with van der Waals surface area (Å²) in [5.41, 5.74) is 9.11. The second-order valence-electron chi connectivity index (χ2n) is 4.14. The van der Waals surface area contributed by atoms with Gasteiger partial charge in [-0.2, -0.15) is 5.10 Å². The number of anilines is 1. The highest BCUT2D eigenvalue weighted by Gasteiger charge is 2.07. The first-order valence-corrected chi connectivity index (χ1v) is 6.00. The van der Waals surface area contributed by atoms with E-state index in [0.29, 0.717) is 16.8 Å². The van der Waals surface area contributed by atoms with E-state index in [4.69, 9.17) is 5.73 Å². The Hall–Kier alpha value is -3.22. The molecule has 0 aliphatic heterocycles. The van der Waals surface area contributed by atoms with Gasteiger partial charge in [0.15, 0.2) is 0 Å². The van der Waals surface area contributed by atoms with Gasteiger partial charge in [0.2, 0.25) is 0 Å². The van der Waals surface area contributed by atoms with Gasteiger partial charge in [-0.25, -0.2) is 5.43 Å². The van der Waals surface area contributed by atoms with Crippen LogP contribution in [0.1, 0.15) is 15.9 Å². The molecule has 1 amide bonds. The smallest absolute Gasteiger partial charge is 0.273 e. The topological polar surface area (TPSA) is 111 Å². The molecule has 7 nitrogen and oxygen atoms in total. The maximum Gasteiger partial charge on any atom is 0.273 e. The number of nitrogen functional groups attached to an aromatic ring is 1. The maximum absolute atomic E-state index is 11.8. The van der Waals surface area contributed by atoms with Crippen LogP contribution >= 0.6 is 0 Å². The number of hydrazone groups is 1. The van der Waals surface area contributed by atoms with E-state index in [2.05, 4.69) is 10.5 Å². The van der Waals surface area contributed by atoms with Gasteiger partial charge >= 0.3 is 0 Å². The minimum Gasteiger partial charge on any atom is -0.398 e. The number of benzene rings is 2. The summed E-state index contributed by atoms with van der Waals surface area (Å²) in [6, 6.07) is 12.5. The molecule has 3 N–H and O–H groups in total. The first-order valence-electron chi connectivity index (χ1n) is 6.00. The third-order valence-corrected chi connectivity index (χ3v) is 2.67. The van der Waals surface area contributed by atoms with Crippen molar-refractivity contribution in [2.45, 2.75) is 0 Å². The number of non-ortho nitro benzene ring substituents is 1. The van der Waals surface area contributed by atoms with E-state index < -0.39 is 10.8 Å². The Morgan fingerprint density at radius 2 is 2.00 bits per heavy atom. The minimum atomic E-state index is -0.499. The van der Waals surface area contributed by atoms with Crippen LogP contribution in [0.25, 0.3) is 0 Å². The molecule has 2 aromatic rings. The number of hydrogen-bond acceptors (Lipinski definition) is 5. The van der Waals surface area contributed by atoms with Crippen LogP contribution in [0.15, 0.2) is 53.6 Å². The lowest BCUT2D eigenvalue weighted by atomic mass is 10.2. The van der Waals surface area contributed by atoms with Crippen LogP contribution < -0.4 is 11.2 Å². The predicted molar refractivity (Wildman–Crippen MR) is 79.0 cm³/mol. The summed E-state index contributed by atoms with van der Waals surface area (Å²) in [5.74, 6) is -0.449. The van der Waals surface area contributed by atoms with Crippen molar-refractivity contribution in [3.63, 3.8) is 0 Å². The van der Waals surface area contributed by atoms with Crippen LogP contribution in [-0.4, -0.2) is 17.0 Å². The van der Waals surface area contributed by atoms with Gasteiger partial charge in [0.1, 0.15) is 0 Å². The van der Waals surface area contributed by atoms with Gasteiger partial charge in [0, 0.05) is 23.4 Å². The molecular weight excluding hydrogens is 272 g/mol. The Labute approximate surface area is 120 Å². The summed E-state index contributed by atoms with van der Waals surface area (Å²) in [6.45, 7) is 0. The summed E-state index contributed by atoms with van der Waals surface area (Å²) in [6.07, 6.45) is 1.32. The Morgan fingerprint density at radius 1 is 1.24 bits per heavy atom. The fourth-order valence-corrected chi connectivity index (χ4v) is 1.65. The van der Waals surface area contributed by atoms with Crippen molar-refractivity contribution in [2.75, 3.05) is 5.73 Å². The molecular formula is C14H12N4O3. The van der Waals surface area contributed by atoms with Gasteiger partial charge in [-0.3, -0.25) is 14.9 Å². The number of nitro benzene ring substituents is 1. The molecule has 0 aliphatic carbocycles. The standard InChI is InChI=1S/C14H12N4O3/c15-13-7-2-1-6-12(13)14(19)17-16-9-10-4-3-5-11(8-10)18(20)21/h1-9H,15H2,(H,17,19)/b16-9-. The highest BCUT2D eigenvalue weighted by Crippen LogP contribution is 2.12. The summed E-state index contributed by atoms with van der Waals surface area (Å²) in [7, 11) is 0. The van der Waals surface area contributed by atoms with Crippen molar-refractivity contribution in [1.29, 1.82) is 0 Å². The molecule has 0 heterocycles. The summed E-state index contributed by atoms with van der Waals surface area (Å²) in [4.78, 5) is 22.0. The lowest BCUT2D eigenvalue weighted by Crippen LogP contribution is -2.18. The molecule has 0 radical (unpaired) electrons. The number of rotatable bonds is 4. The van der Waals surface area contributed by atoms with Crippen molar-refractivity contribution < 1.29 is 9.72 Å². The van der Waals surface area contributed by atoms with Crippen LogP contribution in [0, 0.1) is 10.1 Å². The molecule has 0 saturated heterocycles. The SMILES string of the molecule is Nc1ccccc1C(=O)N/N=C\c1cccc([N+](=O)[O-])c1. The van der Waals surface area contributed by atoms with E-state index in [0.717, 1.165) is 0 Å². The number of nitrogens with one attached hydrogen (secondary N) is 1. The zero-order valence-corrected chi connectivity index (χ0v) is 10.9. The fraction of sp³-hybridized carbons (Fsp3) is 0. The van der Waals surface area contributed by atoms with E-state index in [1.54, 1.807) is 30.3 Å². The van der Waals surface area contributed by atoms with E-state index in [9.17, 15) is 14.9 Å². The van der Waals surface area contributed by atoms with Crippen molar-refractivity contribution in [1.82, 2.24) is 5.43 Å². The van der Waals surface area contributed by atoms with Crippen LogP contribution in [0.2, 0.25) is 0 Å². The Balaban J connectivity index is 2.06. The number of para-hydroxylation sites is 1. The largest absolute Gasteiger partial charge is 0.398 e. The van der Waals surface area contributed by atoms with Crippen LogP contribution in [0.5, 0.6) is 0 Å². The first-order chi connectivity index (χ1) is 10.1. The number of nitro groups is 1. The summed E-state index contributed by atoms with van der Waals surface area (Å²) < 4.78 is 0. The minimum absolute atomic E-state index is 0.0439. The number of nitrogens with two attached hydrogens (primary N) is 1. The monoisotopic (exact) mass is 284 g/mol. The zero-order chi connectivity index (χ0) is 15.2. The first kappa shape index (κ1) is 14.2. The predicted octanol–water partition coefficient (Wildman–Crippen LogP) is 1.94.